The zero-order valence-corrected chi connectivity index (χ0v) is 11.9. The van der Waals surface area contributed by atoms with Crippen LogP contribution in [0.15, 0.2) is 22.7 Å². The molecule has 0 aliphatic rings. The summed E-state index contributed by atoms with van der Waals surface area (Å²) in [5, 5.41) is 3.62. The van der Waals surface area contributed by atoms with Gasteiger partial charge in [-0.05, 0) is 26.0 Å². The minimum Gasteiger partial charge on any atom is -0.493 e. The van der Waals surface area contributed by atoms with E-state index in [9.17, 15) is 4.39 Å². The van der Waals surface area contributed by atoms with Gasteiger partial charge in [0.15, 0.2) is 23.1 Å². The molecule has 0 spiro atoms. The Hall–Kier alpha value is -2.24. The third-order valence-corrected chi connectivity index (χ3v) is 2.93. The maximum atomic E-state index is 14.4. The van der Waals surface area contributed by atoms with Crippen LogP contribution in [0.5, 0.6) is 11.5 Å². The zero-order chi connectivity index (χ0) is 14.9. The molecule has 108 valence electrons. The van der Waals surface area contributed by atoms with Gasteiger partial charge in [-0.1, -0.05) is 5.16 Å². The number of rotatable bonds is 4. The lowest BCUT2D eigenvalue weighted by atomic mass is 9.95. The number of benzene rings is 1. The molecule has 20 heavy (non-hydrogen) atoms. The first-order chi connectivity index (χ1) is 9.36. The fourth-order valence-corrected chi connectivity index (χ4v) is 1.97. The van der Waals surface area contributed by atoms with Crippen LogP contribution in [-0.2, 0) is 5.67 Å². The number of halogens is 1. The average Bonchev–Trinajstić information content (AvgIpc) is 2.82. The molecule has 0 radical (unpaired) electrons. The van der Waals surface area contributed by atoms with E-state index in [-0.39, 0.29) is 5.82 Å². The number of nitrogens with zero attached hydrogens (tertiary/aromatic N) is 1. The van der Waals surface area contributed by atoms with E-state index in [1.54, 1.807) is 18.2 Å². The van der Waals surface area contributed by atoms with Crippen molar-refractivity contribution in [3.8, 4) is 22.8 Å². The zero-order valence-electron chi connectivity index (χ0n) is 11.9. The van der Waals surface area contributed by atoms with Gasteiger partial charge < -0.3 is 19.7 Å². The molecule has 0 saturated heterocycles. The Labute approximate surface area is 116 Å². The number of aromatic nitrogens is 1. The van der Waals surface area contributed by atoms with Crippen LogP contribution in [0.4, 0.5) is 10.2 Å². The van der Waals surface area contributed by atoms with Crippen molar-refractivity contribution in [1.82, 2.24) is 5.16 Å². The van der Waals surface area contributed by atoms with Gasteiger partial charge in [-0.2, -0.15) is 0 Å². The van der Waals surface area contributed by atoms with Crippen LogP contribution >= 0.6 is 0 Å². The molecule has 2 rings (SSSR count). The van der Waals surface area contributed by atoms with Gasteiger partial charge in [0.2, 0.25) is 0 Å². The van der Waals surface area contributed by atoms with Crippen molar-refractivity contribution < 1.29 is 18.4 Å². The first-order valence-electron chi connectivity index (χ1n) is 6.04. The van der Waals surface area contributed by atoms with Gasteiger partial charge in [-0.3, -0.25) is 0 Å². The number of anilines is 1. The van der Waals surface area contributed by atoms with E-state index in [0.29, 0.717) is 28.4 Å². The number of methoxy groups -OCH3 is 2. The number of hydrogen-bond donors (Lipinski definition) is 1. The van der Waals surface area contributed by atoms with Gasteiger partial charge >= 0.3 is 0 Å². The molecule has 0 saturated carbocycles. The first-order valence-corrected chi connectivity index (χ1v) is 6.04. The van der Waals surface area contributed by atoms with Gasteiger partial charge in [0.25, 0.3) is 0 Å². The second-order valence-electron chi connectivity index (χ2n) is 4.85. The Morgan fingerprint density at radius 3 is 2.35 bits per heavy atom. The first kappa shape index (κ1) is 14.2. The number of alkyl halides is 1. The highest BCUT2D eigenvalue weighted by Gasteiger charge is 2.27. The summed E-state index contributed by atoms with van der Waals surface area (Å²) in [7, 11) is 2.96. The van der Waals surface area contributed by atoms with E-state index >= 15 is 0 Å². The lowest BCUT2D eigenvalue weighted by Gasteiger charge is -2.21. The van der Waals surface area contributed by atoms with E-state index in [2.05, 4.69) is 5.16 Å². The quantitative estimate of drug-likeness (QED) is 0.931. The SMILES string of the molecule is COc1cc(-c2cc(N)no2)cc(C(C)(C)F)c1OC. The fourth-order valence-electron chi connectivity index (χ4n) is 1.97. The summed E-state index contributed by atoms with van der Waals surface area (Å²) in [5.41, 5.74) is 4.92. The molecule has 0 amide bonds. The topological polar surface area (TPSA) is 70.5 Å². The van der Waals surface area contributed by atoms with Crippen molar-refractivity contribution >= 4 is 5.82 Å². The fraction of sp³-hybridized carbons (Fsp3) is 0.357. The van der Waals surface area contributed by atoms with Crippen LogP contribution in [-0.4, -0.2) is 19.4 Å². The van der Waals surface area contributed by atoms with Gasteiger partial charge in [0.05, 0.1) is 14.2 Å². The molecule has 0 aliphatic carbocycles. The summed E-state index contributed by atoms with van der Waals surface area (Å²) in [6.45, 7) is 2.89. The summed E-state index contributed by atoms with van der Waals surface area (Å²) in [4.78, 5) is 0. The van der Waals surface area contributed by atoms with E-state index in [4.69, 9.17) is 19.7 Å². The molecule has 0 bridgehead atoms. The van der Waals surface area contributed by atoms with E-state index in [1.165, 1.54) is 28.1 Å². The Morgan fingerprint density at radius 1 is 1.20 bits per heavy atom. The molecule has 1 heterocycles. The number of hydrogen-bond acceptors (Lipinski definition) is 5. The molecule has 0 atom stereocenters. The molecule has 0 unspecified atom stereocenters. The van der Waals surface area contributed by atoms with Crippen molar-refractivity contribution in [2.75, 3.05) is 20.0 Å². The van der Waals surface area contributed by atoms with E-state index < -0.39 is 5.67 Å². The smallest absolute Gasteiger partial charge is 0.169 e. The molecular weight excluding hydrogens is 263 g/mol. The number of nitrogens with two attached hydrogens (primary N) is 1. The minimum absolute atomic E-state index is 0.260. The summed E-state index contributed by atoms with van der Waals surface area (Å²) in [6, 6.07) is 4.89. The lowest BCUT2D eigenvalue weighted by Crippen LogP contribution is -2.12. The average molecular weight is 280 g/mol. The summed E-state index contributed by atoms with van der Waals surface area (Å²) in [6.07, 6.45) is 0. The largest absolute Gasteiger partial charge is 0.493 e. The Balaban J connectivity index is 2.67. The van der Waals surface area contributed by atoms with Gasteiger partial charge in [0, 0.05) is 17.2 Å². The molecule has 0 aliphatic heterocycles. The second-order valence-corrected chi connectivity index (χ2v) is 4.85. The summed E-state index contributed by atoms with van der Waals surface area (Å²) in [5.74, 6) is 1.47. The molecule has 2 N–H and O–H groups in total. The van der Waals surface area contributed by atoms with E-state index in [0.717, 1.165) is 0 Å². The van der Waals surface area contributed by atoms with Crippen LogP contribution in [0.3, 0.4) is 0 Å². The predicted octanol–water partition coefficient (Wildman–Crippen LogP) is 3.15. The Kier molecular flexibility index (Phi) is 3.57. The molecule has 1 aromatic heterocycles. The standard InChI is InChI=1S/C14H17FN2O3/c1-14(2,15)9-5-8(10-7-12(16)17-20-10)6-11(18-3)13(9)19-4/h5-7H,1-4H3,(H2,16,17). The molecule has 1 aromatic carbocycles. The van der Waals surface area contributed by atoms with Gasteiger partial charge in [-0.15, -0.1) is 0 Å². The molecule has 6 heteroatoms. The molecule has 0 fully saturated rings. The predicted molar refractivity (Wildman–Crippen MR) is 73.6 cm³/mol. The van der Waals surface area contributed by atoms with Crippen molar-refractivity contribution in [3.05, 3.63) is 23.8 Å². The molecular formula is C14H17FN2O3. The minimum atomic E-state index is -1.60. The summed E-state index contributed by atoms with van der Waals surface area (Å²) >= 11 is 0. The molecule has 2 aromatic rings. The van der Waals surface area contributed by atoms with Crippen molar-refractivity contribution in [2.24, 2.45) is 0 Å². The highest BCUT2D eigenvalue weighted by Crippen LogP contribution is 2.42. The van der Waals surface area contributed by atoms with Crippen molar-refractivity contribution in [3.63, 3.8) is 0 Å². The van der Waals surface area contributed by atoms with Crippen LogP contribution < -0.4 is 15.2 Å². The van der Waals surface area contributed by atoms with Crippen LogP contribution in [0, 0.1) is 0 Å². The van der Waals surface area contributed by atoms with Crippen LogP contribution in [0.1, 0.15) is 19.4 Å². The highest BCUT2D eigenvalue weighted by molar-refractivity contribution is 5.67. The summed E-state index contributed by atoms with van der Waals surface area (Å²) < 4.78 is 30.0. The van der Waals surface area contributed by atoms with Crippen molar-refractivity contribution in [2.45, 2.75) is 19.5 Å². The third-order valence-electron chi connectivity index (χ3n) is 2.93. The Morgan fingerprint density at radius 2 is 1.90 bits per heavy atom. The maximum absolute atomic E-state index is 14.4. The molecule has 5 nitrogen and oxygen atoms in total. The second kappa shape index (κ2) is 5.03. The Bertz CT molecular complexity index is 617. The van der Waals surface area contributed by atoms with E-state index in [1.807, 2.05) is 0 Å². The van der Waals surface area contributed by atoms with Crippen LogP contribution in [0.2, 0.25) is 0 Å². The lowest BCUT2D eigenvalue weighted by molar-refractivity contribution is 0.211. The third kappa shape index (κ3) is 2.54. The van der Waals surface area contributed by atoms with Crippen LogP contribution in [0.25, 0.3) is 11.3 Å². The highest BCUT2D eigenvalue weighted by atomic mass is 19.1. The normalized spacial score (nSPS) is 11.4. The maximum Gasteiger partial charge on any atom is 0.169 e. The monoisotopic (exact) mass is 280 g/mol. The van der Waals surface area contributed by atoms with Crippen molar-refractivity contribution in [1.29, 1.82) is 0 Å². The van der Waals surface area contributed by atoms with Gasteiger partial charge in [0.1, 0.15) is 5.67 Å². The van der Waals surface area contributed by atoms with Gasteiger partial charge in [-0.25, -0.2) is 4.39 Å². The number of nitrogen functional groups attached to an aromatic ring is 1. The number of ether oxygens (including phenoxy) is 2.